The van der Waals surface area contributed by atoms with Gasteiger partial charge in [0.05, 0.1) is 0 Å². The molecule has 1 aliphatic rings. The van der Waals surface area contributed by atoms with Crippen molar-refractivity contribution in [2.24, 2.45) is 5.73 Å². The molecule has 0 heterocycles. The molecule has 1 atom stereocenters. The number of benzene rings is 1. The Bertz CT molecular complexity index is 618. The molecule has 0 spiro atoms. The molecule has 1 aliphatic carbocycles. The van der Waals surface area contributed by atoms with E-state index in [1.165, 1.54) is 20.3 Å². The number of primary amides is 1. The molecule has 6 heteroatoms. The Morgan fingerprint density at radius 1 is 1.18 bits per heavy atom. The summed E-state index contributed by atoms with van der Waals surface area (Å²) >= 11 is 0. The molecule has 0 saturated heterocycles. The highest BCUT2D eigenvalue weighted by Gasteiger charge is 2.43. The zero-order valence-electron chi connectivity index (χ0n) is 12.4. The maximum atomic E-state index is 12.4. The number of hydrogen-bond acceptors (Lipinski definition) is 4. The number of rotatable bonds is 5. The molecule has 0 fully saturated rings. The Morgan fingerprint density at radius 2 is 1.82 bits per heavy atom. The standard InChI is InChI=1S/C16H18N2O4/c1-21-16(22-2)10-6-9-12(14(17)19)13(16)18-15(20)11-7-4-3-5-8-11/h3-10,13H,1-2H3,(H2,17,19)(H,18,20). The third kappa shape index (κ3) is 2.93. The van der Waals surface area contributed by atoms with Crippen LogP contribution in [-0.4, -0.2) is 37.9 Å². The van der Waals surface area contributed by atoms with E-state index in [1.54, 1.807) is 36.4 Å². The van der Waals surface area contributed by atoms with Crippen LogP contribution in [0.2, 0.25) is 0 Å². The number of ether oxygens (including phenoxy) is 2. The van der Waals surface area contributed by atoms with E-state index in [0.29, 0.717) is 5.56 Å². The van der Waals surface area contributed by atoms with Crippen molar-refractivity contribution < 1.29 is 19.1 Å². The van der Waals surface area contributed by atoms with Crippen LogP contribution in [0.1, 0.15) is 10.4 Å². The summed E-state index contributed by atoms with van der Waals surface area (Å²) in [5.74, 6) is -2.29. The molecular formula is C16H18N2O4. The summed E-state index contributed by atoms with van der Waals surface area (Å²) in [6.07, 6.45) is 4.77. The van der Waals surface area contributed by atoms with Crippen molar-refractivity contribution >= 4 is 11.8 Å². The molecule has 116 valence electrons. The largest absolute Gasteiger partial charge is 0.366 e. The minimum atomic E-state index is -1.29. The van der Waals surface area contributed by atoms with Crippen LogP contribution in [0.4, 0.5) is 0 Å². The second-order valence-electron chi connectivity index (χ2n) is 4.75. The van der Waals surface area contributed by atoms with Gasteiger partial charge < -0.3 is 20.5 Å². The van der Waals surface area contributed by atoms with E-state index in [1.807, 2.05) is 6.07 Å². The van der Waals surface area contributed by atoms with Gasteiger partial charge in [0.15, 0.2) is 0 Å². The number of methoxy groups -OCH3 is 2. The van der Waals surface area contributed by atoms with Crippen molar-refractivity contribution in [2.45, 2.75) is 11.8 Å². The fraction of sp³-hybridized carbons (Fsp3) is 0.250. The molecule has 0 radical (unpaired) electrons. The van der Waals surface area contributed by atoms with E-state index >= 15 is 0 Å². The van der Waals surface area contributed by atoms with Crippen LogP contribution in [0.3, 0.4) is 0 Å². The highest BCUT2D eigenvalue weighted by atomic mass is 16.7. The number of carbonyl (C=O) groups is 2. The Kier molecular flexibility index (Phi) is 4.75. The van der Waals surface area contributed by atoms with Crippen molar-refractivity contribution in [3.63, 3.8) is 0 Å². The van der Waals surface area contributed by atoms with Crippen molar-refractivity contribution in [1.29, 1.82) is 0 Å². The van der Waals surface area contributed by atoms with Gasteiger partial charge >= 0.3 is 0 Å². The third-order valence-electron chi connectivity index (χ3n) is 3.55. The quantitative estimate of drug-likeness (QED) is 0.786. The summed E-state index contributed by atoms with van der Waals surface area (Å²) < 4.78 is 10.8. The Labute approximate surface area is 128 Å². The van der Waals surface area contributed by atoms with Gasteiger partial charge in [0, 0.05) is 25.4 Å². The fourth-order valence-corrected chi connectivity index (χ4v) is 2.36. The normalized spacial score (nSPS) is 19.4. The van der Waals surface area contributed by atoms with Gasteiger partial charge in [0.1, 0.15) is 6.04 Å². The number of nitrogens with one attached hydrogen (secondary N) is 1. The average molecular weight is 302 g/mol. The number of carbonyl (C=O) groups excluding carboxylic acids is 2. The Hall–Kier alpha value is -2.44. The monoisotopic (exact) mass is 302 g/mol. The van der Waals surface area contributed by atoms with Gasteiger partial charge in [-0.2, -0.15) is 0 Å². The molecule has 1 aromatic rings. The van der Waals surface area contributed by atoms with Crippen LogP contribution in [0.5, 0.6) is 0 Å². The number of hydrogen-bond donors (Lipinski definition) is 2. The highest BCUT2D eigenvalue weighted by molar-refractivity contribution is 5.98. The zero-order valence-corrected chi connectivity index (χ0v) is 12.4. The van der Waals surface area contributed by atoms with Gasteiger partial charge in [-0.25, -0.2) is 0 Å². The minimum Gasteiger partial charge on any atom is -0.366 e. The molecule has 1 aromatic carbocycles. The van der Waals surface area contributed by atoms with Crippen molar-refractivity contribution in [2.75, 3.05) is 14.2 Å². The van der Waals surface area contributed by atoms with Gasteiger partial charge in [0.2, 0.25) is 11.7 Å². The van der Waals surface area contributed by atoms with E-state index < -0.39 is 17.7 Å². The SMILES string of the molecule is COC1(OC)C=CC=C(C(N)=O)C1NC(=O)c1ccccc1. The number of allylic oxidation sites excluding steroid dienone is 2. The lowest BCUT2D eigenvalue weighted by molar-refractivity contribution is -0.183. The van der Waals surface area contributed by atoms with Gasteiger partial charge in [-0.05, 0) is 18.2 Å². The lowest BCUT2D eigenvalue weighted by Gasteiger charge is -2.38. The predicted octanol–water partition coefficient (Wildman–Crippen LogP) is 0.756. The molecule has 0 aromatic heterocycles. The minimum absolute atomic E-state index is 0.204. The first-order valence-electron chi connectivity index (χ1n) is 6.69. The molecule has 0 saturated carbocycles. The van der Waals surface area contributed by atoms with Gasteiger partial charge in [-0.1, -0.05) is 30.4 Å². The molecule has 2 amide bonds. The molecule has 6 nitrogen and oxygen atoms in total. The second-order valence-corrected chi connectivity index (χ2v) is 4.75. The summed E-state index contributed by atoms with van der Waals surface area (Å²) in [4.78, 5) is 24.0. The smallest absolute Gasteiger partial charge is 0.251 e. The van der Waals surface area contributed by atoms with Gasteiger partial charge in [-0.15, -0.1) is 0 Å². The molecule has 0 bridgehead atoms. The topological polar surface area (TPSA) is 90.7 Å². The first kappa shape index (κ1) is 15.9. The van der Waals surface area contributed by atoms with Crippen LogP contribution in [0.25, 0.3) is 0 Å². The molecule has 3 N–H and O–H groups in total. The summed E-state index contributed by atoms with van der Waals surface area (Å²) in [6, 6.07) is 7.80. The molecule has 0 aliphatic heterocycles. The summed E-state index contributed by atoms with van der Waals surface area (Å²) in [5.41, 5.74) is 6.06. The van der Waals surface area contributed by atoms with E-state index in [2.05, 4.69) is 5.32 Å². The first-order valence-corrected chi connectivity index (χ1v) is 6.69. The lowest BCUT2D eigenvalue weighted by Crippen LogP contribution is -2.57. The average Bonchev–Trinajstić information content (AvgIpc) is 2.55. The summed E-state index contributed by atoms with van der Waals surface area (Å²) in [7, 11) is 2.86. The number of amides is 2. The van der Waals surface area contributed by atoms with Gasteiger partial charge in [-0.3, -0.25) is 9.59 Å². The maximum Gasteiger partial charge on any atom is 0.251 e. The van der Waals surface area contributed by atoms with Crippen molar-refractivity contribution in [3.8, 4) is 0 Å². The maximum absolute atomic E-state index is 12.4. The molecule has 22 heavy (non-hydrogen) atoms. The van der Waals surface area contributed by atoms with Crippen LogP contribution in [0.15, 0.2) is 54.1 Å². The highest BCUT2D eigenvalue weighted by Crippen LogP contribution is 2.28. The van der Waals surface area contributed by atoms with E-state index in [9.17, 15) is 9.59 Å². The van der Waals surface area contributed by atoms with Crippen LogP contribution >= 0.6 is 0 Å². The van der Waals surface area contributed by atoms with Crippen LogP contribution < -0.4 is 11.1 Å². The van der Waals surface area contributed by atoms with E-state index in [4.69, 9.17) is 15.2 Å². The molecular weight excluding hydrogens is 284 g/mol. The van der Waals surface area contributed by atoms with Crippen LogP contribution in [-0.2, 0) is 14.3 Å². The number of nitrogens with two attached hydrogens (primary N) is 1. The lowest BCUT2D eigenvalue weighted by atomic mass is 9.91. The van der Waals surface area contributed by atoms with Crippen LogP contribution in [0, 0.1) is 0 Å². The third-order valence-corrected chi connectivity index (χ3v) is 3.55. The zero-order chi connectivity index (χ0) is 16.2. The summed E-state index contributed by atoms with van der Waals surface area (Å²) in [6.45, 7) is 0. The Morgan fingerprint density at radius 3 is 2.36 bits per heavy atom. The summed E-state index contributed by atoms with van der Waals surface area (Å²) in [5, 5.41) is 2.75. The first-order chi connectivity index (χ1) is 10.5. The van der Waals surface area contributed by atoms with Gasteiger partial charge in [0.25, 0.3) is 5.91 Å². The Balaban J connectivity index is 2.34. The molecule has 1 unspecified atom stereocenters. The molecule has 2 rings (SSSR count). The van der Waals surface area contributed by atoms with Crippen molar-refractivity contribution in [1.82, 2.24) is 5.32 Å². The predicted molar refractivity (Wildman–Crippen MR) is 80.9 cm³/mol. The fourth-order valence-electron chi connectivity index (χ4n) is 2.36. The second kappa shape index (κ2) is 6.55. The van der Waals surface area contributed by atoms with E-state index in [0.717, 1.165) is 0 Å². The van der Waals surface area contributed by atoms with E-state index in [-0.39, 0.29) is 11.5 Å². The van der Waals surface area contributed by atoms with Crippen molar-refractivity contribution in [3.05, 3.63) is 59.7 Å².